The van der Waals surface area contributed by atoms with Gasteiger partial charge in [-0.05, 0) is 43.7 Å². The summed E-state index contributed by atoms with van der Waals surface area (Å²) in [6.07, 6.45) is 8.64. The Bertz CT molecular complexity index is 595. The Kier molecular flexibility index (Phi) is 6.75. The van der Waals surface area contributed by atoms with E-state index in [4.69, 9.17) is 5.73 Å². The van der Waals surface area contributed by atoms with E-state index in [2.05, 4.69) is 15.5 Å². The van der Waals surface area contributed by atoms with Gasteiger partial charge in [0, 0.05) is 17.3 Å². The first kappa shape index (κ1) is 17.1. The van der Waals surface area contributed by atoms with Gasteiger partial charge in [0.2, 0.25) is 0 Å². The Morgan fingerprint density at radius 1 is 1.09 bits per heavy atom. The van der Waals surface area contributed by atoms with Gasteiger partial charge in [0.25, 0.3) is 0 Å². The highest BCUT2D eigenvalue weighted by atomic mass is 15.3. The van der Waals surface area contributed by atoms with Crippen molar-refractivity contribution < 1.29 is 4.57 Å². The summed E-state index contributed by atoms with van der Waals surface area (Å²) in [5.41, 5.74) is 7.45. The molecule has 0 amide bonds. The van der Waals surface area contributed by atoms with Crippen LogP contribution in [0.1, 0.15) is 25.7 Å². The lowest BCUT2D eigenvalue weighted by Crippen LogP contribution is -2.25. The van der Waals surface area contributed by atoms with Crippen LogP contribution in [0.5, 0.6) is 0 Å². The van der Waals surface area contributed by atoms with Gasteiger partial charge in [-0.2, -0.15) is 0 Å². The van der Waals surface area contributed by atoms with Crippen molar-refractivity contribution in [2.24, 2.45) is 30.1 Å². The molecule has 2 rings (SSSR count). The summed E-state index contributed by atoms with van der Waals surface area (Å²) in [4.78, 5) is 0. The molecule has 0 aliphatic carbocycles. The predicted octanol–water partition coefficient (Wildman–Crippen LogP) is 3.20. The number of imidazole rings is 1. The molecule has 6 heteroatoms. The normalized spacial score (nSPS) is 11.3. The second kappa shape index (κ2) is 9.05. The highest BCUT2D eigenvalue weighted by Crippen LogP contribution is 2.18. The molecule has 0 fully saturated rings. The molecular weight excluding hydrogens is 288 g/mol. The quantitative estimate of drug-likeness (QED) is 0.424. The van der Waals surface area contributed by atoms with Crippen LogP contribution in [-0.2, 0) is 14.1 Å². The van der Waals surface area contributed by atoms with Crippen LogP contribution < -0.4 is 15.6 Å². The second-order valence-corrected chi connectivity index (χ2v) is 5.70. The molecule has 0 atom stereocenters. The lowest BCUT2D eigenvalue weighted by molar-refractivity contribution is -0.657. The number of rotatable bonds is 9. The fourth-order valence-electron chi connectivity index (χ4n) is 2.33. The van der Waals surface area contributed by atoms with E-state index >= 15 is 0 Å². The topological polar surface area (TPSA) is 71.6 Å². The van der Waals surface area contributed by atoms with Gasteiger partial charge in [-0.25, -0.2) is 9.13 Å². The maximum atomic E-state index is 5.49. The summed E-state index contributed by atoms with van der Waals surface area (Å²) in [5.74, 6) is 0.810. The molecule has 6 nitrogen and oxygen atoms in total. The van der Waals surface area contributed by atoms with Gasteiger partial charge in [-0.1, -0.05) is 18.0 Å². The number of nitrogens with zero attached hydrogens (tertiary/aromatic N) is 4. The van der Waals surface area contributed by atoms with E-state index in [9.17, 15) is 0 Å². The van der Waals surface area contributed by atoms with E-state index < -0.39 is 0 Å². The van der Waals surface area contributed by atoms with Crippen molar-refractivity contribution in [3.8, 4) is 0 Å². The maximum Gasteiger partial charge on any atom is 0.421 e. The number of nitrogens with one attached hydrogen (secondary N) is 1. The minimum Gasteiger partial charge on any atom is -0.385 e. The molecule has 1 aromatic heterocycles. The third kappa shape index (κ3) is 5.49. The largest absolute Gasteiger partial charge is 0.421 e. The van der Waals surface area contributed by atoms with Crippen LogP contribution in [0, 0.1) is 0 Å². The van der Waals surface area contributed by atoms with Gasteiger partial charge in [0.05, 0.1) is 26.5 Å². The lowest BCUT2D eigenvalue weighted by Gasteiger charge is -2.05. The number of azo groups is 1. The monoisotopic (exact) mass is 315 g/mol. The van der Waals surface area contributed by atoms with Crippen molar-refractivity contribution >= 4 is 17.3 Å². The minimum absolute atomic E-state index is 0.796. The van der Waals surface area contributed by atoms with Crippen molar-refractivity contribution in [2.45, 2.75) is 25.7 Å². The summed E-state index contributed by atoms with van der Waals surface area (Å²) in [6.45, 7) is 1.79. The van der Waals surface area contributed by atoms with Crippen LogP contribution >= 0.6 is 0 Å². The zero-order valence-corrected chi connectivity index (χ0v) is 14.1. The first-order valence-electron chi connectivity index (χ1n) is 8.17. The summed E-state index contributed by atoms with van der Waals surface area (Å²) in [7, 11) is 3.91. The van der Waals surface area contributed by atoms with E-state index in [0.29, 0.717) is 0 Å². The molecule has 0 saturated heterocycles. The minimum atomic E-state index is 0.796. The number of nitrogens with two attached hydrogens (primary N) is 1. The van der Waals surface area contributed by atoms with E-state index in [-0.39, 0.29) is 0 Å². The van der Waals surface area contributed by atoms with Crippen molar-refractivity contribution in [1.82, 2.24) is 4.57 Å². The number of aryl methyl sites for hydroxylation is 2. The van der Waals surface area contributed by atoms with Crippen molar-refractivity contribution in [3.05, 3.63) is 36.7 Å². The number of aromatic nitrogens is 2. The highest BCUT2D eigenvalue weighted by Gasteiger charge is 2.10. The Morgan fingerprint density at radius 3 is 2.48 bits per heavy atom. The molecule has 0 spiro atoms. The number of anilines is 1. The Labute approximate surface area is 138 Å². The fourth-order valence-corrected chi connectivity index (χ4v) is 2.33. The summed E-state index contributed by atoms with van der Waals surface area (Å²) < 4.78 is 3.87. The van der Waals surface area contributed by atoms with Crippen LogP contribution in [0.25, 0.3) is 0 Å². The molecule has 2 aromatic rings. The molecule has 0 aliphatic rings. The van der Waals surface area contributed by atoms with Crippen molar-refractivity contribution in [2.75, 3.05) is 18.4 Å². The molecule has 0 radical (unpaired) electrons. The third-order valence-electron chi connectivity index (χ3n) is 3.73. The van der Waals surface area contributed by atoms with Gasteiger partial charge in [0.1, 0.15) is 5.69 Å². The predicted molar refractivity (Wildman–Crippen MR) is 93.2 cm³/mol. The van der Waals surface area contributed by atoms with Crippen LogP contribution in [0.4, 0.5) is 17.3 Å². The molecular formula is C17H27N6+. The van der Waals surface area contributed by atoms with Crippen LogP contribution in [0.15, 0.2) is 46.9 Å². The van der Waals surface area contributed by atoms with Crippen LogP contribution in [0.2, 0.25) is 0 Å². The molecule has 1 heterocycles. The zero-order valence-electron chi connectivity index (χ0n) is 14.1. The van der Waals surface area contributed by atoms with Crippen LogP contribution in [0.3, 0.4) is 0 Å². The van der Waals surface area contributed by atoms with E-state index in [1.807, 2.05) is 59.9 Å². The standard InChI is InChI=1S/C17H26N6/c1-22-13-14-23(2)17(22)21-20-16-9-7-15(8-10-16)19-12-6-4-3-5-11-18/h7-10,13-14H,3-6,11-12,18H2,1-2H3/p+1. The second-order valence-electron chi connectivity index (χ2n) is 5.70. The SMILES string of the molecule is Cn1cc[n+](C)c1N=Nc1ccc(NCCCCCCN)cc1. The van der Waals surface area contributed by atoms with Crippen molar-refractivity contribution in [3.63, 3.8) is 0 Å². The summed E-state index contributed by atoms with van der Waals surface area (Å²) in [5, 5.41) is 12.0. The Hall–Kier alpha value is -2.21. The average Bonchev–Trinajstić information content (AvgIpc) is 2.88. The molecule has 0 unspecified atom stereocenters. The Morgan fingerprint density at radius 2 is 1.83 bits per heavy atom. The van der Waals surface area contributed by atoms with Crippen LogP contribution in [-0.4, -0.2) is 17.7 Å². The molecule has 0 saturated carbocycles. The smallest absolute Gasteiger partial charge is 0.385 e. The summed E-state index contributed by atoms with van der Waals surface area (Å²) >= 11 is 0. The Balaban J connectivity index is 1.80. The van der Waals surface area contributed by atoms with Gasteiger partial charge in [-0.3, -0.25) is 0 Å². The molecule has 124 valence electrons. The molecule has 0 bridgehead atoms. The number of unbranched alkanes of at least 4 members (excludes halogenated alkanes) is 3. The van der Waals surface area contributed by atoms with Crippen molar-refractivity contribution in [1.29, 1.82) is 0 Å². The number of hydrogen-bond donors (Lipinski definition) is 2. The first-order valence-corrected chi connectivity index (χ1v) is 8.17. The third-order valence-corrected chi connectivity index (χ3v) is 3.73. The number of hydrogen-bond acceptors (Lipinski definition) is 4. The van der Waals surface area contributed by atoms with Gasteiger partial charge >= 0.3 is 5.95 Å². The number of benzene rings is 1. The van der Waals surface area contributed by atoms with Gasteiger partial charge in [0.15, 0.2) is 0 Å². The van der Waals surface area contributed by atoms with E-state index in [0.717, 1.165) is 36.8 Å². The average molecular weight is 315 g/mol. The fraction of sp³-hybridized carbons (Fsp3) is 0.471. The summed E-state index contributed by atoms with van der Waals surface area (Å²) in [6, 6.07) is 8.03. The highest BCUT2D eigenvalue weighted by molar-refractivity contribution is 5.50. The van der Waals surface area contributed by atoms with E-state index in [1.54, 1.807) is 0 Å². The van der Waals surface area contributed by atoms with Gasteiger partial charge < -0.3 is 11.1 Å². The first-order chi connectivity index (χ1) is 11.2. The molecule has 0 aliphatic heterocycles. The maximum absolute atomic E-state index is 5.49. The lowest BCUT2D eigenvalue weighted by atomic mass is 10.2. The van der Waals surface area contributed by atoms with E-state index in [1.165, 1.54) is 19.3 Å². The molecule has 3 N–H and O–H groups in total. The molecule has 23 heavy (non-hydrogen) atoms. The van der Waals surface area contributed by atoms with Gasteiger partial charge in [-0.15, -0.1) is 0 Å². The molecule has 1 aromatic carbocycles. The zero-order chi connectivity index (χ0) is 16.5.